The molecule has 0 radical (unpaired) electrons. The number of aliphatic hydroxyl groups excluding tert-OH is 3. The summed E-state index contributed by atoms with van der Waals surface area (Å²) >= 11 is 0. The van der Waals surface area contributed by atoms with Crippen LogP contribution in [0, 0.1) is 46.3 Å². The number of esters is 1. The van der Waals surface area contributed by atoms with E-state index in [0.717, 1.165) is 87.4 Å². The quantitative estimate of drug-likeness (QED) is 0.0506. The molecular weight excluding hydrogens is 725 g/mol. The first kappa shape index (κ1) is 47.8. The summed E-state index contributed by atoms with van der Waals surface area (Å²) < 4.78 is 18.0. The van der Waals surface area contributed by atoms with Crippen LogP contribution in [0.3, 0.4) is 0 Å². The van der Waals surface area contributed by atoms with Crippen LogP contribution in [0.15, 0.2) is 23.8 Å². The van der Waals surface area contributed by atoms with Crippen LogP contribution in [0.4, 0.5) is 0 Å². The molecule has 1 aliphatic heterocycles. The van der Waals surface area contributed by atoms with E-state index in [1.54, 1.807) is 0 Å². The molecule has 13 atom stereocenters. The second-order valence-electron chi connectivity index (χ2n) is 20.8. The van der Waals surface area contributed by atoms with Crippen molar-refractivity contribution in [2.75, 3.05) is 6.61 Å². The van der Waals surface area contributed by atoms with Crippen molar-refractivity contribution in [3.63, 3.8) is 0 Å². The molecule has 7 heteroatoms. The largest absolute Gasteiger partial charge is 0.463 e. The van der Waals surface area contributed by atoms with Gasteiger partial charge in [-0.25, -0.2) is 0 Å². The van der Waals surface area contributed by atoms with Crippen LogP contribution in [0.1, 0.15) is 202 Å². The van der Waals surface area contributed by atoms with E-state index in [2.05, 4.69) is 59.8 Å². The third-order valence-corrected chi connectivity index (χ3v) is 16.3. The summed E-state index contributed by atoms with van der Waals surface area (Å²) in [5, 5.41) is 32.5. The molecule has 0 unspecified atom stereocenters. The van der Waals surface area contributed by atoms with Gasteiger partial charge in [-0.2, -0.15) is 0 Å². The van der Waals surface area contributed by atoms with Crippen LogP contribution in [0.25, 0.3) is 0 Å². The molecule has 1 heterocycles. The van der Waals surface area contributed by atoms with Gasteiger partial charge in [0, 0.05) is 6.42 Å². The maximum atomic E-state index is 12.6. The van der Waals surface area contributed by atoms with Crippen molar-refractivity contribution in [3.8, 4) is 0 Å². The van der Waals surface area contributed by atoms with E-state index in [1.807, 2.05) is 0 Å². The van der Waals surface area contributed by atoms with Crippen LogP contribution in [0.2, 0.25) is 0 Å². The summed E-state index contributed by atoms with van der Waals surface area (Å²) in [6, 6.07) is 0. The highest BCUT2D eigenvalue weighted by Gasteiger charge is 2.59. The zero-order chi connectivity index (χ0) is 41.7. The minimum atomic E-state index is -1.44. The first-order chi connectivity index (χ1) is 27.9. The molecule has 3 N–H and O–H groups in total. The average Bonchev–Trinajstić information content (AvgIpc) is 3.56. The van der Waals surface area contributed by atoms with Gasteiger partial charge in [-0.3, -0.25) is 4.79 Å². The number of allylic oxidation sites excluding steroid dienone is 3. The van der Waals surface area contributed by atoms with Crippen LogP contribution >= 0.6 is 0 Å². The Morgan fingerprint density at radius 3 is 2.21 bits per heavy atom. The summed E-state index contributed by atoms with van der Waals surface area (Å²) in [7, 11) is 0. The molecule has 3 saturated carbocycles. The SMILES string of the molecule is CCCCCCCC/C=C\CCCCCCCC(=O)OC[C@H]1O[C@@H](O[C@H]2CC[C@@]3(C)C(=CC[C@H]4[C@@H]5CC[C@H]([C@H](C)CCCC(C)C)[C@@]5(C)CC[C@@H]43)C2)[C@H](O)[C@@H](O)[C@H]1O. The Morgan fingerprint density at radius 2 is 1.50 bits per heavy atom. The Kier molecular flexibility index (Phi) is 19.2. The van der Waals surface area contributed by atoms with Gasteiger partial charge in [0.2, 0.25) is 0 Å². The molecule has 0 amide bonds. The monoisotopic (exact) mass is 813 g/mol. The van der Waals surface area contributed by atoms with E-state index in [0.29, 0.717) is 17.8 Å². The summed E-state index contributed by atoms with van der Waals surface area (Å²) in [6.45, 7) is 14.5. The number of aliphatic hydroxyl groups is 3. The predicted octanol–water partition coefficient (Wildman–Crippen LogP) is 11.8. The van der Waals surface area contributed by atoms with Gasteiger partial charge in [0.25, 0.3) is 0 Å². The van der Waals surface area contributed by atoms with Gasteiger partial charge in [-0.15, -0.1) is 0 Å². The molecule has 7 nitrogen and oxygen atoms in total. The molecule has 58 heavy (non-hydrogen) atoms. The Balaban J connectivity index is 1.01. The number of fused-ring (bicyclic) bond motifs is 5. The van der Waals surface area contributed by atoms with E-state index in [1.165, 1.54) is 102 Å². The zero-order valence-corrected chi connectivity index (χ0v) is 38.0. The highest BCUT2D eigenvalue weighted by molar-refractivity contribution is 5.69. The van der Waals surface area contributed by atoms with Gasteiger partial charge in [-0.05, 0) is 130 Å². The van der Waals surface area contributed by atoms with Gasteiger partial charge < -0.3 is 29.5 Å². The van der Waals surface area contributed by atoms with Gasteiger partial charge >= 0.3 is 5.97 Å². The highest BCUT2D eigenvalue weighted by atomic mass is 16.7. The molecular formula is C51H88O7. The number of carbonyl (C=O) groups is 1. The first-order valence-corrected chi connectivity index (χ1v) is 24.7. The Hall–Kier alpha value is -1.25. The molecule has 1 saturated heterocycles. The number of unbranched alkanes of at least 4 members (excludes halogenated alkanes) is 11. The fourth-order valence-corrected chi connectivity index (χ4v) is 12.7. The summed E-state index contributed by atoms with van der Waals surface area (Å²) in [5.74, 6) is 4.43. The molecule has 4 fully saturated rings. The molecule has 5 rings (SSSR count). The van der Waals surface area contributed by atoms with Gasteiger partial charge in [0.15, 0.2) is 6.29 Å². The summed E-state index contributed by atoms with van der Waals surface area (Å²) in [6.07, 6.45) is 30.2. The van der Waals surface area contributed by atoms with Gasteiger partial charge in [-0.1, -0.05) is 136 Å². The number of hydrogen-bond donors (Lipinski definition) is 3. The lowest BCUT2D eigenvalue weighted by Gasteiger charge is -2.58. The molecule has 0 bridgehead atoms. The first-order valence-electron chi connectivity index (χ1n) is 24.7. The molecule has 4 aliphatic carbocycles. The fourth-order valence-electron chi connectivity index (χ4n) is 12.7. The lowest BCUT2D eigenvalue weighted by atomic mass is 9.47. The third-order valence-electron chi connectivity index (χ3n) is 16.3. The van der Waals surface area contributed by atoms with Crippen LogP contribution in [0.5, 0.6) is 0 Å². The zero-order valence-electron chi connectivity index (χ0n) is 38.0. The highest BCUT2D eigenvalue weighted by Crippen LogP contribution is 2.67. The lowest BCUT2D eigenvalue weighted by Crippen LogP contribution is -2.60. The van der Waals surface area contributed by atoms with Crippen molar-refractivity contribution in [1.29, 1.82) is 0 Å². The molecule has 5 aliphatic rings. The maximum absolute atomic E-state index is 12.6. The Bertz CT molecular complexity index is 1280. The molecule has 0 spiro atoms. The van der Waals surface area contributed by atoms with Crippen LogP contribution < -0.4 is 0 Å². The third kappa shape index (κ3) is 12.4. The standard InChI is InChI=1S/C51H88O7/c1-7-8-9-10-11-12-13-14-15-16-17-18-19-20-21-25-45(52)56-35-44-46(53)47(54)48(55)49(58-44)57-39-30-32-50(5)38(34-39)26-27-40-42-29-28-41(37(4)24-22-23-36(2)3)51(42,6)33-31-43(40)50/h14-15,26,36-37,39-44,46-49,53-55H,7-13,16-25,27-35H2,1-6H3/b15-14-/t37-,39+,40+,41-,42+,43+,44-,46+,47+,48-,49-,50+,51-/m1/s1. The predicted molar refractivity (Wildman–Crippen MR) is 235 cm³/mol. The molecule has 0 aromatic rings. The summed E-state index contributed by atoms with van der Waals surface area (Å²) in [5.41, 5.74) is 2.14. The van der Waals surface area contributed by atoms with E-state index in [-0.39, 0.29) is 24.1 Å². The molecule has 334 valence electrons. The second-order valence-corrected chi connectivity index (χ2v) is 20.8. The van der Waals surface area contributed by atoms with Crippen LogP contribution in [-0.4, -0.2) is 64.7 Å². The number of ether oxygens (including phenoxy) is 3. The van der Waals surface area contributed by atoms with Crippen molar-refractivity contribution in [3.05, 3.63) is 23.8 Å². The Labute approximate surface area is 354 Å². The second kappa shape index (κ2) is 23.3. The molecule has 0 aromatic heterocycles. The van der Waals surface area contributed by atoms with Crippen molar-refractivity contribution < 1.29 is 34.3 Å². The van der Waals surface area contributed by atoms with Crippen molar-refractivity contribution in [2.24, 2.45) is 46.3 Å². The average molecular weight is 813 g/mol. The van der Waals surface area contributed by atoms with Crippen molar-refractivity contribution >= 4 is 5.97 Å². The van der Waals surface area contributed by atoms with Crippen LogP contribution in [-0.2, 0) is 19.0 Å². The molecule has 0 aromatic carbocycles. The van der Waals surface area contributed by atoms with E-state index in [9.17, 15) is 20.1 Å². The van der Waals surface area contributed by atoms with Crippen molar-refractivity contribution in [1.82, 2.24) is 0 Å². The van der Waals surface area contributed by atoms with E-state index < -0.39 is 30.7 Å². The topological polar surface area (TPSA) is 105 Å². The number of hydrogen-bond acceptors (Lipinski definition) is 7. The fraction of sp³-hybridized carbons (Fsp3) is 0.902. The van der Waals surface area contributed by atoms with E-state index >= 15 is 0 Å². The van der Waals surface area contributed by atoms with E-state index in [4.69, 9.17) is 14.2 Å². The van der Waals surface area contributed by atoms with Crippen molar-refractivity contribution in [2.45, 2.75) is 239 Å². The minimum absolute atomic E-state index is 0.140. The number of rotatable bonds is 24. The smallest absolute Gasteiger partial charge is 0.305 e. The maximum Gasteiger partial charge on any atom is 0.305 e. The summed E-state index contributed by atoms with van der Waals surface area (Å²) in [4.78, 5) is 12.6. The normalized spacial score (nSPS) is 36.7. The minimum Gasteiger partial charge on any atom is -0.463 e. The van der Waals surface area contributed by atoms with Gasteiger partial charge in [0.1, 0.15) is 31.0 Å². The number of carbonyl (C=O) groups excluding carboxylic acids is 1. The Morgan fingerprint density at radius 1 is 0.810 bits per heavy atom. The van der Waals surface area contributed by atoms with Gasteiger partial charge in [0.05, 0.1) is 6.10 Å². The lowest BCUT2D eigenvalue weighted by molar-refractivity contribution is -0.313.